The number of carbonyl (C=O) groups excluding carboxylic acids is 1. The summed E-state index contributed by atoms with van der Waals surface area (Å²) in [6.45, 7) is 4.91. The zero-order valence-corrected chi connectivity index (χ0v) is 11.2. The van der Waals surface area contributed by atoms with E-state index in [2.05, 4.69) is 26.0 Å². The Kier molecular flexibility index (Phi) is 3.71. The minimum atomic E-state index is -0.201. The van der Waals surface area contributed by atoms with E-state index in [0.29, 0.717) is 6.42 Å². The summed E-state index contributed by atoms with van der Waals surface area (Å²) < 4.78 is 0. The molecule has 98 valence electrons. The van der Waals surface area contributed by atoms with Gasteiger partial charge in [0, 0.05) is 19.0 Å². The molecule has 2 rings (SSSR count). The summed E-state index contributed by atoms with van der Waals surface area (Å²) in [5.41, 5.74) is 7.07. The summed E-state index contributed by atoms with van der Waals surface area (Å²) in [5.74, 6) is 0.219. The van der Waals surface area contributed by atoms with Gasteiger partial charge in [0.2, 0.25) is 5.91 Å². The first-order valence-electron chi connectivity index (χ1n) is 6.62. The first-order valence-corrected chi connectivity index (χ1v) is 6.62. The molecule has 0 aromatic heterocycles. The molecule has 1 heterocycles. The fourth-order valence-electron chi connectivity index (χ4n) is 2.59. The van der Waals surface area contributed by atoms with Crippen molar-refractivity contribution in [2.75, 3.05) is 6.54 Å². The van der Waals surface area contributed by atoms with Crippen molar-refractivity contribution in [3.63, 3.8) is 0 Å². The molecule has 0 bridgehead atoms. The van der Waals surface area contributed by atoms with Crippen LogP contribution in [0.2, 0.25) is 0 Å². The third-order valence-electron chi connectivity index (χ3n) is 4.04. The van der Waals surface area contributed by atoms with Crippen LogP contribution in [0.15, 0.2) is 30.3 Å². The molecule has 0 saturated carbocycles. The lowest BCUT2D eigenvalue weighted by Gasteiger charge is -2.34. The molecule has 18 heavy (non-hydrogen) atoms. The molecule has 0 radical (unpaired) electrons. The molecule has 1 fully saturated rings. The Balaban J connectivity index is 1.93. The molecular weight excluding hydrogens is 224 g/mol. The van der Waals surface area contributed by atoms with Crippen molar-refractivity contribution < 1.29 is 4.79 Å². The predicted molar refractivity (Wildman–Crippen MR) is 73.1 cm³/mol. The van der Waals surface area contributed by atoms with E-state index in [9.17, 15) is 4.79 Å². The molecule has 1 aliphatic heterocycles. The smallest absolute Gasteiger partial charge is 0.223 e. The van der Waals surface area contributed by atoms with Crippen LogP contribution in [0.5, 0.6) is 0 Å². The Morgan fingerprint density at radius 2 is 2.06 bits per heavy atom. The van der Waals surface area contributed by atoms with Gasteiger partial charge >= 0.3 is 0 Å². The largest absolute Gasteiger partial charge is 0.336 e. The lowest BCUT2D eigenvalue weighted by atomic mass is 9.96. The highest BCUT2D eigenvalue weighted by Crippen LogP contribution is 2.28. The first kappa shape index (κ1) is 13.1. The van der Waals surface area contributed by atoms with Crippen LogP contribution in [-0.2, 0) is 11.2 Å². The Morgan fingerprint density at radius 3 is 2.61 bits per heavy atom. The summed E-state index contributed by atoms with van der Waals surface area (Å²) in [7, 11) is 0. The molecule has 1 unspecified atom stereocenters. The Morgan fingerprint density at radius 1 is 1.39 bits per heavy atom. The van der Waals surface area contributed by atoms with E-state index in [1.165, 1.54) is 5.56 Å². The molecule has 2 N–H and O–H groups in total. The van der Waals surface area contributed by atoms with Crippen LogP contribution in [0.3, 0.4) is 0 Å². The second kappa shape index (κ2) is 5.11. The SMILES string of the molecule is CC1(C)C(N)CCN1C(=O)CCc1ccccc1. The molecule has 0 aliphatic carbocycles. The highest BCUT2D eigenvalue weighted by atomic mass is 16.2. The van der Waals surface area contributed by atoms with Crippen LogP contribution in [0, 0.1) is 0 Å². The van der Waals surface area contributed by atoms with Crippen LogP contribution in [0.4, 0.5) is 0 Å². The summed E-state index contributed by atoms with van der Waals surface area (Å²) in [6, 6.07) is 10.2. The van der Waals surface area contributed by atoms with Gasteiger partial charge in [0.25, 0.3) is 0 Å². The van der Waals surface area contributed by atoms with Crippen molar-refractivity contribution in [2.24, 2.45) is 5.73 Å². The minimum Gasteiger partial charge on any atom is -0.336 e. The van der Waals surface area contributed by atoms with Gasteiger partial charge in [-0.15, -0.1) is 0 Å². The average Bonchev–Trinajstić information content (AvgIpc) is 2.63. The normalized spacial score (nSPS) is 22.2. The number of benzene rings is 1. The number of hydrogen-bond acceptors (Lipinski definition) is 2. The van der Waals surface area contributed by atoms with Crippen LogP contribution in [0.1, 0.15) is 32.3 Å². The van der Waals surface area contributed by atoms with Crippen LogP contribution < -0.4 is 5.73 Å². The highest BCUT2D eigenvalue weighted by molar-refractivity contribution is 5.77. The number of nitrogens with two attached hydrogens (primary N) is 1. The van der Waals surface area contributed by atoms with Crippen molar-refractivity contribution >= 4 is 5.91 Å². The van der Waals surface area contributed by atoms with Gasteiger partial charge in [0.15, 0.2) is 0 Å². The Hall–Kier alpha value is -1.35. The number of amides is 1. The quantitative estimate of drug-likeness (QED) is 0.886. The number of rotatable bonds is 3. The molecule has 1 aromatic rings. The highest BCUT2D eigenvalue weighted by Gasteiger charge is 2.41. The third kappa shape index (κ3) is 2.56. The molecule has 0 spiro atoms. The van der Waals surface area contributed by atoms with Crippen molar-refractivity contribution in [1.82, 2.24) is 4.90 Å². The standard InChI is InChI=1S/C15H22N2O/c1-15(2)13(16)10-11-17(15)14(18)9-8-12-6-4-3-5-7-12/h3-7,13H,8-11,16H2,1-2H3. The van der Waals surface area contributed by atoms with E-state index in [-0.39, 0.29) is 17.5 Å². The van der Waals surface area contributed by atoms with Crippen LogP contribution in [-0.4, -0.2) is 28.9 Å². The van der Waals surface area contributed by atoms with Crippen molar-refractivity contribution in [3.05, 3.63) is 35.9 Å². The predicted octanol–water partition coefficient (Wildman–Crippen LogP) is 1.96. The number of likely N-dealkylation sites (tertiary alicyclic amines) is 1. The van der Waals surface area contributed by atoms with Gasteiger partial charge in [-0.05, 0) is 32.3 Å². The lowest BCUT2D eigenvalue weighted by molar-refractivity contribution is -0.134. The molecule has 1 amide bonds. The summed E-state index contributed by atoms with van der Waals surface area (Å²) in [6.07, 6.45) is 2.28. The maximum absolute atomic E-state index is 12.3. The van der Waals surface area contributed by atoms with Gasteiger partial charge in [-0.3, -0.25) is 4.79 Å². The summed E-state index contributed by atoms with van der Waals surface area (Å²) in [5, 5.41) is 0. The monoisotopic (exact) mass is 246 g/mol. The fraction of sp³-hybridized carbons (Fsp3) is 0.533. The Labute approximate surface area is 109 Å². The van der Waals surface area contributed by atoms with Crippen LogP contribution >= 0.6 is 0 Å². The van der Waals surface area contributed by atoms with Gasteiger partial charge in [-0.25, -0.2) is 0 Å². The molecule has 1 aliphatic rings. The van der Waals surface area contributed by atoms with E-state index in [4.69, 9.17) is 5.73 Å². The maximum Gasteiger partial charge on any atom is 0.223 e. The van der Waals surface area contributed by atoms with Crippen molar-refractivity contribution in [1.29, 1.82) is 0 Å². The maximum atomic E-state index is 12.3. The summed E-state index contributed by atoms with van der Waals surface area (Å²) in [4.78, 5) is 14.2. The van der Waals surface area contributed by atoms with Crippen LogP contribution in [0.25, 0.3) is 0 Å². The number of nitrogens with zero attached hydrogens (tertiary/aromatic N) is 1. The second-order valence-corrected chi connectivity index (χ2v) is 5.58. The first-order chi connectivity index (χ1) is 8.51. The van der Waals surface area contributed by atoms with Crippen molar-refractivity contribution in [3.8, 4) is 0 Å². The topological polar surface area (TPSA) is 46.3 Å². The molecule has 1 atom stereocenters. The fourth-order valence-corrected chi connectivity index (χ4v) is 2.59. The Bertz CT molecular complexity index is 414. The van der Waals surface area contributed by atoms with E-state index in [0.717, 1.165) is 19.4 Å². The molecule has 3 nitrogen and oxygen atoms in total. The number of carbonyl (C=O) groups is 1. The number of aryl methyl sites for hydroxylation is 1. The second-order valence-electron chi connectivity index (χ2n) is 5.58. The van der Waals surface area contributed by atoms with E-state index >= 15 is 0 Å². The zero-order chi connectivity index (χ0) is 13.2. The lowest BCUT2D eigenvalue weighted by Crippen LogP contribution is -2.51. The van der Waals surface area contributed by atoms with E-state index < -0.39 is 0 Å². The van der Waals surface area contributed by atoms with Gasteiger partial charge < -0.3 is 10.6 Å². The summed E-state index contributed by atoms with van der Waals surface area (Å²) >= 11 is 0. The molecule has 3 heteroatoms. The molecular formula is C15H22N2O. The van der Waals surface area contributed by atoms with E-state index in [1.807, 2.05) is 23.1 Å². The zero-order valence-electron chi connectivity index (χ0n) is 11.2. The third-order valence-corrected chi connectivity index (χ3v) is 4.04. The van der Waals surface area contributed by atoms with Gasteiger partial charge in [0.1, 0.15) is 0 Å². The van der Waals surface area contributed by atoms with E-state index in [1.54, 1.807) is 0 Å². The van der Waals surface area contributed by atoms with Crippen molar-refractivity contribution in [2.45, 2.75) is 44.7 Å². The number of hydrogen-bond donors (Lipinski definition) is 1. The van der Waals surface area contributed by atoms with Gasteiger partial charge in [-0.2, -0.15) is 0 Å². The van der Waals surface area contributed by atoms with Gasteiger partial charge in [-0.1, -0.05) is 30.3 Å². The average molecular weight is 246 g/mol. The molecule has 1 saturated heterocycles. The molecule has 1 aromatic carbocycles. The minimum absolute atomic E-state index is 0.0955. The van der Waals surface area contributed by atoms with Gasteiger partial charge in [0.05, 0.1) is 5.54 Å².